The molecular weight excluding hydrogens is 510 g/mol. The molecule has 0 aromatic carbocycles. The third kappa shape index (κ3) is 3.35. The zero-order valence-corrected chi connectivity index (χ0v) is 22.4. The second-order valence-corrected chi connectivity index (χ2v) is 14.0. The Labute approximate surface area is 219 Å². The summed E-state index contributed by atoms with van der Waals surface area (Å²) in [4.78, 5) is 14.4. The number of thiophene rings is 1. The van der Waals surface area contributed by atoms with Gasteiger partial charge >= 0.3 is 0 Å². The Morgan fingerprint density at radius 3 is 2.86 bits per heavy atom. The maximum atomic E-state index is 13.5. The molecule has 7 heterocycles. The lowest BCUT2D eigenvalue weighted by Gasteiger charge is -2.61. The number of H-pyrrole nitrogens is 1. The summed E-state index contributed by atoms with van der Waals surface area (Å²) in [5, 5.41) is 22.7. The summed E-state index contributed by atoms with van der Waals surface area (Å²) in [6.45, 7) is 2.64. The van der Waals surface area contributed by atoms with Crippen LogP contribution in [0.1, 0.15) is 37.8 Å². The SMILES string of the molecule is Cc1cc(Nc2nc(N(C)[C@@H]3C[C@H]4CCC5(S(=O)(=O)N6CC(C#N)C6)C[C@@H](C3)N45)nc3sccc23)n[nH]1. The summed E-state index contributed by atoms with van der Waals surface area (Å²) >= 11 is 1.59. The number of nitrogens with one attached hydrogen (secondary N) is 2. The van der Waals surface area contributed by atoms with Crippen molar-refractivity contribution in [3.63, 3.8) is 0 Å². The largest absolute Gasteiger partial charge is 0.341 e. The van der Waals surface area contributed by atoms with Crippen LogP contribution in [0.15, 0.2) is 17.5 Å². The van der Waals surface area contributed by atoms with Crippen LogP contribution in [0.2, 0.25) is 0 Å². The Bertz CT molecular complexity index is 1520. The maximum Gasteiger partial charge on any atom is 0.233 e. The van der Waals surface area contributed by atoms with Crippen LogP contribution < -0.4 is 10.2 Å². The molecule has 0 aliphatic carbocycles. The van der Waals surface area contributed by atoms with E-state index in [-0.39, 0.29) is 24.0 Å². The van der Waals surface area contributed by atoms with Crippen molar-refractivity contribution >= 4 is 49.2 Å². The number of nitrogens with zero attached hydrogens (tertiary/aromatic N) is 7. The molecule has 0 amide bonds. The van der Waals surface area contributed by atoms with Crippen molar-refractivity contribution in [3.8, 4) is 6.07 Å². The fraction of sp³-hybridized carbons (Fsp3) is 0.583. The van der Waals surface area contributed by atoms with Crippen molar-refractivity contribution in [2.45, 2.75) is 62.0 Å². The zero-order chi connectivity index (χ0) is 25.5. The number of rotatable bonds is 6. The Hall–Kier alpha value is -2.79. The van der Waals surface area contributed by atoms with E-state index < -0.39 is 14.9 Å². The Morgan fingerprint density at radius 2 is 2.11 bits per heavy atom. The predicted molar refractivity (Wildman–Crippen MR) is 141 cm³/mol. The van der Waals surface area contributed by atoms with E-state index in [1.807, 2.05) is 24.4 Å². The highest BCUT2D eigenvalue weighted by Crippen LogP contribution is 2.57. The first kappa shape index (κ1) is 23.3. The molecular formula is C24H29N9O2S2. The minimum Gasteiger partial charge on any atom is -0.341 e. The van der Waals surface area contributed by atoms with E-state index >= 15 is 0 Å². The Morgan fingerprint density at radius 1 is 1.30 bits per heavy atom. The molecule has 7 rings (SSSR count). The van der Waals surface area contributed by atoms with Crippen LogP contribution in [0.25, 0.3) is 10.2 Å². The number of piperidine rings is 1. The van der Waals surface area contributed by atoms with E-state index in [1.54, 1.807) is 11.3 Å². The van der Waals surface area contributed by atoms with E-state index in [1.165, 1.54) is 4.31 Å². The standard InChI is InChI=1S/C24H29N9O2S2/c1-14-7-20(30-29-14)26-21-19-4-6-36-22(19)28-23(27-21)31(2)17-8-16-3-5-24(10-18(9-17)33(16)24)37(34,35)32-12-15(11-25)13-32/h4,6-7,15-18H,3,5,8-10,12-13H2,1-2H3,(H2,26,27,28,29,30)/t16-,17-,18-,24?/m1/s1. The summed E-state index contributed by atoms with van der Waals surface area (Å²) in [6, 6.07) is 6.86. The number of aryl methyl sites for hydroxylation is 1. The average Bonchev–Trinajstić information content (AvgIpc) is 3.54. The van der Waals surface area contributed by atoms with Crippen LogP contribution in [-0.2, 0) is 10.0 Å². The summed E-state index contributed by atoms with van der Waals surface area (Å²) in [5.41, 5.74) is 0.969. The zero-order valence-electron chi connectivity index (χ0n) is 20.8. The summed E-state index contributed by atoms with van der Waals surface area (Å²) in [6.07, 6.45) is 4.00. The number of aromatic amines is 1. The molecule has 0 bridgehead atoms. The molecule has 4 aliphatic rings. The fourth-order valence-electron chi connectivity index (χ4n) is 6.84. The van der Waals surface area contributed by atoms with Crippen LogP contribution >= 0.6 is 11.3 Å². The lowest BCUT2D eigenvalue weighted by atomic mass is 9.82. The average molecular weight is 540 g/mol. The fourth-order valence-corrected chi connectivity index (χ4v) is 10.2. The number of hydrogen-bond donors (Lipinski definition) is 2. The number of aromatic nitrogens is 4. The molecule has 11 nitrogen and oxygen atoms in total. The van der Waals surface area contributed by atoms with E-state index in [0.717, 1.165) is 41.0 Å². The van der Waals surface area contributed by atoms with E-state index in [4.69, 9.17) is 15.2 Å². The topological polar surface area (TPSA) is 134 Å². The molecule has 1 unspecified atom stereocenters. The quantitative estimate of drug-likeness (QED) is 0.485. The smallest absolute Gasteiger partial charge is 0.233 e. The van der Waals surface area contributed by atoms with Gasteiger partial charge in [-0.3, -0.25) is 10.00 Å². The van der Waals surface area contributed by atoms with Gasteiger partial charge in [0.15, 0.2) is 5.82 Å². The van der Waals surface area contributed by atoms with Gasteiger partial charge in [0.25, 0.3) is 0 Å². The van der Waals surface area contributed by atoms with Crippen LogP contribution in [0.3, 0.4) is 0 Å². The molecule has 4 fully saturated rings. The highest BCUT2D eigenvalue weighted by molar-refractivity contribution is 7.90. The van der Waals surface area contributed by atoms with Crippen LogP contribution in [-0.4, -0.2) is 80.9 Å². The van der Waals surface area contributed by atoms with Gasteiger partial charge < -0.3 is 10.2 Å². The molecule has 3 aromatic heterocycles. The molecule has 194 valence electrons. The molecule has 13 heteroatoms. The minimum absolute atomic E-state index is 0.171. The highest BCUT2D eigenvalue weighted by Gasteiger charge is 2.69. The molecule has 4 saturated heterocycles. The molecule has 4 aliphatic heterocycles. The first-order valence-electron chi connectivity index (χ1n) is 12.7. The lowest BCUT2D eigenvalue weighted by molar-refractivity contribution is -0.0501. The Kier molecular flexibility index (Phi) is 5.11. The van der Waals surface area contributed by atoms with Crippen molar-refractivity contribution in [2.75, 3.05) is 30.4 Å². The predicted octanol–water partition coefficient (Wildman–Crippen LogP) is 2.78. The third-order valence-corrected chi connectivity index (χ3v) is 12.1. The van der Waals surface area contributed by atoms with E-state index in [9.17, 15) is 8.42 Å². The van der Waals surface area contributed by atoms with Gasteiger partial charge in [-0.2, -0.15) is 19.6 Å². The molecule has 37 heavy (non-hydrogen) atoms. The van der Waals surface area contributed by atoms with Crippen molar-refractivity contribution in [2.24, 2.45) is 5.92 Å². The van der Waals surface area contributed by atoms with Crippen LogP contribution in [0.4, 0.5) is 17.6 Å². The van der Waals surface area contributed by atoms with E-state index in [0.29, 0.717) is 37.7 Å². The van der Waals surface area contributed by atoms with Crippen LogP contribution in [0, 0.1) is 24.2 Å². The second-order valence-electron chi connectivity index (χ2n) is 10.9. The molecule has 4 atom stereocenters. The minimum atomic E-state index is -3.44. The lowest BCUT2D eigenvalue weighted by Crippen LogP contribution is -2.74. The first-order valence-corrected chi connectivity index (χ1v) is 15.1. The highest BCUT2D eigenvalue weighted by atomic mass is 32.2. The number of fused-ring (bicyclic) bond motifs is 1. The molecule has 3 aromatic rings. The van der Waals surface area contributed by atoms with Crippen molar-refractivity contribution in [1.82, 2.24) is 29.4 Å². The summed E-state index contributed by atoms with van der Waals surface area (Å²) < 4.78 is 28.6. The van der Waals surface area contributed by atoms with Crippen molar-refractivity contribution in [3.05, 3.63) is 23.2 Å². The van der Waals surface area contributed by atoms with Gasteiger partial charge in [0.05, 0.1) is 17.4 Å². The van der Waals surface area contributed by atoms with E-state index in [2.05, 4.69) is 38.4 Å². The first-order chi connectivity index (χ1) is 17.8. The van der Waals surface area contributed by atoms with Gasteiger partial charge in [-0.05, 0) is 50.5 Å². The molecule has 0 saturated carbocycles. The molecule has 0 spiro atoms. The van der Waals surface area contributed by atoms with Crippen molar-refractivity contribution < 1.29 is 8.42 Å². The third-order valence-electron chi connectivity index (χ3n) is 8.75. The van der Waals surface area contributed by atoms with Gasteiger partial charge in [0.2, 0.25) is 16.0 Å². The van der Waals surface area contributed by atoms with Gasteiger partial charge in [-0.1, -0.05) is 0 Å². The number of hydrogen-bond acceptors (Lipinski definition) is 10. The molecule has 2 N–H and O–H groups in total. The van der Waals surface area contributed by atoms with Crippen molar-refractivity contribution in [1.29, 1.82) is 5.26 Å². The van der Waals surface area contributed by atoms with Gasteiger partial charge in [-0.15, -0.1) is 11.3 Å². The monoisotopic (exact) mass is 539 g/mol. The van der Waals surface area contributed by atoms with Crippen LogP contribution in [0.5, 0.6) is 0 Å². The molecule has 0 radical (unpaired) electrons. The van der Waals surface area contributed by atoms with Gasteiger partial charge in [-0.25, -0.2) is 13.4 Å². The van der Waals surface area contributed by atoms with Gasteiger partial charge in [0, 0.05) is 50.0 Å². The van der Waals surface area contributed by atoms with Gasteiger partial charge in [0.1, 0.15) is 15.5 Å². The Balaban J connectivity index is 1.11. The summed E-state index contributed by atoms with van der Waals surface area (Å²) in [5.74, 6) is 1.95. The summed E-state index contributed by atoms with van der Waals surface area (Å²) in [7, 11) is -1.38. The number of nitriles is 1. The number of anilines is 3. The number of sulfonamides is 1. The maximum absolute atomic E-state index is 13.5. The normalized spacial score (nSPS) is 29.9. The second kappa shape index (κ2) is 8.10.